The average molecular weight is 402 g/mol. The lowest BCUT2D eigenvalue weighted by molar-refractivity contribution is -0.124. The molecule has 0 bridgehead atoms. The third kappa shape index (κ3) is 7.10. The van der Waals surface area contributed by atoms with Crippen LogP contribution >= 0.6 is 0 Å². The molecule has 1 atom stereocenters. The van der Waals surface area contributed by atoms with Gasteiger partial charge in [-0.25, -0.2) is 4.39 Å². The zero-order valence-electron chi connectivity index (χ0n) is 16.9. The Morgan fingerprint density at radius 2 is 1.55 bits per heavy atom. The van der Waals surface area contributed by atoms with E-state index >= 15 is 0 Å². The smallest absolute Gasteiger partial charge is 0.251 e. The number of hydrogen-bond donors (Lipinski definition) is 2. The molecule has 0 aliphatic heterocycles. The van der Waals surface area contributed by atoms with Gasteiger partial charge in [-0.3, -0.25) is 9.59 Å². The summed E-state index contributed by atoms with van der Waals surface area (Å²) in [5.74, 6) is 0.173. The fraction of sp³-hybridized carbons (Fsp3) is 0.364. The maximum atomic E-state index is 13.0. The number of hydrogen-bond acceptors (Lipinski definition) is 4. The summed E-state index contributed by atoms with van der Waals surface area (Å²) >= 11 is 0. The summed E-state index contributed by atoms with van der Waals surface area (Å²) in [5, 5.41) is 5.47. The molecule has 0 aliphatic rings. The van der Waals surface area contributed by atoms with Crippen LogP contribution < -0.4 is 20.1 Å². The van der Waals surface area contributed by atoms with Crippen LogP contribution in [0.1, 0.15) is 31.1 Å². The largest absolute Gasteiger partial charge is 0.494 e. The molecule has 7 heteroatoms. The number of nitrogens with one attached hydrogen (secondary N) is 2. The minimum atomic E-state index is -0.710. The van der Waals surface area contributed by atoms with E-state index in [-0.39, 0.29) is 18.4 Å². The molecule has 0 aromatic heterocycles. The van der Waals surface area contributed by atoms with Crippen molar-refractivity contribution in [3.8, 4) is 11.5 Å². The molecule has 2 rings (SSSR count). The molecule has 0 saturated carbocycles. The van der Waals surface area contributed by atoms with Crippen molar-refractivity contribution in [3.05, 3.63) is 59.9 Å². The van der Waals surface area contributed by atoms with E-state index in [1.165, 1.54) is 24.3 Å². The lowest BCUT2D eigenvalue weighted by atomic mass is 10.0. The van der Waals surface area contributed by atoms with Gasteiger partial charge in [0.2, 0.25) is 5.91 Å². The van der Waals surface area contributed by atoms with Crippen LogP contribution in [-0.2, 0) is 4.79 Å². The number of halogens is 1. The highest BCUT2D eigenvalue weighted by Gasteiger charge is 2.24. The van der Waals surface area contributed by atoms with Gasteiger partial charge in [-0.05, 0) is 61.4 Å². The molecule has 0 aliphatic carbocycles. The standard InChI is InChI=1S/C22H27FN2O4/c1-4-28-18-9-11-19(12-10-18)29-14-13-24-22(27)20(15(2)3)25-21(26)16-5-7-17(23)8-6-16/h5-12,15,20H,4,13-14H2,1-3H3,(H,24,27)(H,25,26). The van der Waals surface area contributed by atoms with Crippen LogP contribution in [0, 0.1) is 11.7 Å². The molecule has 2 N–H and O–H groups in total. The molecule has 0 fully saturated rings. The van der Waals surface area contributed by atoms with Gasteiger partial charge >= 0.3 is 0 Å². The highest BCUT2D eigenvalue weighted by atomic mass is 19.1. The fourth-order valence-electron chi connectivity index (χ4n) is 2.61. The van der Waals surface area contributed by atoms with E-state index in [0.717, 1.165) is 5.75 Å². The monoisotopic (exact) mass is 402 g/mol. The normalized spacial score (nSPS) is 11.6. The maximum Gasteiger partial charge on any atom is 0.251 e. The Morgan fingerprint density at radius 3 is 2.10 bits per heavy atom. The fourth-order valence-corrected chi connectivity index (χ4v) is 2.61. The summed E-state index contributed by atoms with van der Waals surface area (Å²) in [6, 6.07) is 11.7. The Bertz CT molecular complexity index is 791. The molecule has 2 amide bonds. The molecule has 156 valence electrons. The van der Waals surface area contributed by atoms with Gasteiger partial charge in [0.15, 0.2) is 0 Å². The second kappa shape index (κ2) is 11.0. The van der Waals surface area contributed by atoms with Crippen LogP contribution in [0.3, 0.4) is 0 Å². The molecule has 1 unspecified atom stereocenters. The van der Waals surface area contributed by atoms with Crippen molar-refractivity contribution in [1.82, 2.24) is 10.6 Å². The van der Waals surface area contributed by atoms with E-state index in [1.54, 1.807) is 12.1 Å². The first-order valence-corrected chi connectivity index (χ1v) is 9.60. The van der Waals surface area contributed by atoms with Gasteiger partial charge in [0.05, 0.1) is 13.2 Å². The molecule has 6 nitrogen and oxygen atoms in total. The molecular formula is C22H27FN2O4. The maximum absolute atomic E-state index is 13.0. The van der Waals surface area contributed by atoms with Gasteiger partial charge in [-0.2, -0.15) is 0 Å². The molecule has 0 heterocycles. The number of amides is 2. The summed E-state index contributed by atoms with van der Waals surface area (Å²) in [5.41, 5.74) is 0.295. The minimum Gasteiger partial charge on any atom is -0.494 e. The van der Waals surface area contributed by atoms with Crippen molar-refractivity contribution < 1.29 is 23.5 Å². The first-order chi connectivity index (χ1) is 13.9. The molecule has 0 spiro atoms. The quantitative estimate of drug-likeness (QED) is 0.599. The van der Waals surface area contributed by atoms with Crippen molar-refractivity contribution in [3.63, 3.8) is 0 Å². The summed E-state index contributed by atoms with van der Waals surface area (Å²) < 4.78 is 24.0. The Kier molecular flexibility index (Phi) is 8.45. The molecular weight excluding hydrogens is 375 g/mol. The highest BCUT2D eigenvalue weighted by molar-refractivity contribution is 5.97. The Hall–Kier alpha value is -3.09. The van der Waals surface area contributed by atoms with Gasteiger partial charge in [-0.1, -0.05) is 13.8 Å². The van der Waals surface area contributed by atoms with Crippen LogP contribution in [0.5, 0.6) is 11.5 Å². The third-order valence-corrected chi connectivity index (χ3v) is 4.15. The van der Waals surface area contributed by atoms with E-state index < -0.39 is 17.8 Å². The summed E-state index contributed by atoms with van der Waals surface area (Å²) in [7, 11) is 0. The summed E-state index contributed by atoms with van der Waals surface area (Å²) in [6.45, 7) is 6.77. The van der Waals surface area contributed by atoms with Crippen molar-refractivity contribution in [2.75, 3.05) is 19.8 Å². The lowest BCUT2D eigenvalue weighted by Gasteiger charge is -2.22. The minimum absolute atomic E-state index is 0.119. The second-order valence-electron chi connectivity index (χ2n) is 6.75. The van der Waals surface area contributed by atoms with Gasteiger partial charge in [0.1, 0.15) is 30.0 Å². The van der Waals surface area contributed by atoms with E-state index in [0.29, 0.717) is 24.5 Å². The van der Waals surface area contributed by atoms with E-state index in [9.17, 15) is 14.0 Å². The Morgan fingerprint density at radius 1 is 0.966 bits per heavy atom. The van der Waals surface area contributed by atoms with Crippen LogP contribution in [-0.4, -0.2) is 37.6 Å². The Balaban J connectivity index is 1.81. The van der Waals surface area contributed by atoms with Crippen LogP contribution in [0.25, 0.3) is 0 Å². The number of carbonyl (C=O) groups excluding carboxylic acids is 2. The van der Waals surface area contributed by atoms with Crippen LogP contribution in [0.2, 0.25) is 0 Å². The molecule has 0 saturated heterocycles. The molecule has 2 aromatic carbocycles. The first kappa shape index (κ1) is 22.2. The van der Waals surface area contributed by atoms with Crippen molar-refractivity contribution in [2.45, 2.75) is 26.8 Å². The van der Waals surface area contributed by atoms with Gasteiger partial charge in [0.25, 0.3) is 5.91 Å². The van der Waals surface area contributed by atoms with Gasteiger partial charge in [0, 0.05) is 5.56 Å². The lowest BCUT2D eigenvalue weighted by Crippen LogP contribution is -2.50. The number of ether oxygens (including phenoxy) is 2. The predicted octanol–water partition coefficient (Wildman–Crippen LogP) is 3.17. The number of carbonyl (C=O) groups is 2. The molecule has 29 heavy (non-hydrogen) atoms. The second-order valence-corrected chi connectivity index (χ2v) is 6.75. The summed E-state index contributed by atoms with van der Waals surface area (Å²) in [6.07, 6.45) is 0. The number of rotatable bonds is 10. The topological polar surface area (TPSA) is 76.7 Å². The van der Waals surface area contributed by atoms with Crippen molar-refractivity contribution in [1.29, 1.82) is 0 Å². The van der Waals surface area contributed by atoms with E-state index in [2.05, 4.69) is 10.6 Å². The van der Waals surface area contributed by atoms with Crippen LogP contribution in [0.4, 0.5) is 4.39 Å². The number of benzene rings is 2. The van der Waals surface area contributed by atoms with Gasteiger partial charge < -0.3 is 20.1 Å². The van der Waals surface area contributed by atoms with Crippen molar-refractivity contribution >= 4 is 11.8 Å². The average Bonchev–Trinajstić information content (AvgIpc) is 2.70. The Labute approximate surface area is 170 Å². The summed E-state index contributed by atoms with van der Waals surface area (Å²) in [4.78, 5) is 24.8. The molecule has 0 radical (unpaired) electrons. The van der Waals surface area contributed by atoms with Crippen molar-refractivity contribution in [2.24, 2.45) is 5.92 Å². The van der Waals surface area contributed by atoms with E-state index in [4.69, 9.17) is 9.47 Å². The first-order valence-electron chi connectivity index (χ1n) is 9.60. The molecule has 2 aromatic rings. The predicted molar refractivity (Wildman–Crippen MR) is 109 cm³/mol. The third-order valence-electron chi connectivity index (χ3n) is 4.15. The SMILES string of the molecule is CCOc1ccc(OCCNC(=O)C(NC(=O)c2ccc(F)cc2)C(C)C)cc1. The van der Waals surface area contributed by atoms with E-state index in [1.807, 2.05) is 32.9 Å². The van der Waals surface area contributed by atoms with Crippen LogP contribution in [0.15, 0.2) is 48.5 Å². The zero-order valence-corrected chi connectivity index (χ0v) is 16.9. The van der Waals surface area contributed by atoms with Gasteiger partial charge in [-0.15, -0.1) is 0 Å². The highest BCUT2D eigenvalue weighted by Crippen LogP contribution is 2.17. The zero-order chi connectivity index (χ0) is 21.2.